The van der Waals surface area contributed by atoms with E-state index in [2.05, 4.69) is 5.10 Å². The van der Waals surface area contributed by atoms with E-state index in [-0.39, 0.29) is 24.2 Å². The number of halogens is 1. The first-order chi connectivity index (χ1) is 12.0. The third-order valence-corrected chi connectivity index (χ3v) is 4.23. The molecule has 0 unspecified atom stereocenters. The Kier molecular flexibility index (Phi) is 4.83. The molecule has 1 aromatic carbocycles. The number of rotatable bonds is 7. The van der Waals surface area contributed by atoms with Gasteiger partial charge < -0.3 is 9.84 Å². The first kappa shape index (κ1) is 17.1. The van der Waals surface area contributed by atoms with Gasteiger partial charge in [-0.2, -0.15) is 5.10 Å². The normalized spacial score (nSPS) is 13.7. The molecule has 0 radical (unpaired) electrons. The number of aryl methyl sites for hydroxylation is 1. The number of aromatic nitrogens is 2. The number of hydrogen-bond donors (Lipinski definition) is 1. The van der Waals surface area contributed by atoms with Gasteiger partial charge >= 0.3 is 5.97 Å². The summed E-state index contributed by atoms with van der Waals surface area (Å²) in [5.41, 5.74) is 1.07. The second-order valence-electron chi connectivity index (χ2n) is 6.23. The van der Waals surface area contributed by atoms with Crippen molar-refractivity contribution in [3.05, 3.63) is 46.0 Å². The van der Waals surface area contributed by atoms with Crippen molar-refractivity contribution < 1.29 is 19.0 Å². The lowest BCUT2D eigenvalue weighted by atomic mass is 10.1. The van der Waals surface area contributed by atoms with Gasteiger partial charge in [0.2, 0.25) is 0 Å². The van der Waals surface area contributed by atoms with Gasteiger partial charge in [0, 0.05) is 24.1 Å². The number of benzene rings is 1. The Morgan fingerprint density at radius 3 is 2.76 bits per heavy atom. The highest BCUT2D eigenvalue weighted by atomic mass is 19.1. The van der Waals surface area contributed by atoms with Gasteiger partial charge in [0.05, 0.1) is 12.8 Å². The summed E-state index contributed by atoms with van der Waals surface area (Å²) in [4.78, 5) is 23.3. The lowest BCUT2D eigenvalue weighted by Crippen LogP contribution is -2.28. The van der Waals surface area contributed by atoms with Gasteiger partial charge in [0.1, 0.15) is 0 Å². The second-order valence-corrected chi connectivity index (χ2v) is 6.23. The summed E-state index contributed by atoms with van der Waals surface area (Å²) in [6.07, 6.45) is 2.09. The maximum atomic E-state index is 14.0. The van der Waals surface area contributed by atoms with E-state index in [4.69, 9.17) is 9.84 Å². The molecule has 1 heterocycles. The fourth-order valence-electron chi connectivity index (χ4n) is 2.65. The van der Waals surface area contributed by atoms with Crippen molar-refractivity contribution in [3.63, 3.8) is 0 Å². The number of carboxylic acid groups (broad SMARTS) is 1. The van der Waals surface area contributed by atoms with E-state index in [0.717, 1.165) is 12.8 Å². The molecule has 1 aromatic heterocycles. The summed E-state index contributed by atoms with van der Waals surface area (Å²) in [5, 5.41) is 13.2. The minimum Gasteiger partial charge on any atom is -0.494 e. The molecule has 0 atom stereocenters. The smallest absolute Gasteiger partial charge is 0.303 e. The van der Waals surface area contributed by atoms with Crippen molar-refractivity contribution in [2.24, 2.45) is 5.92 Å². The molecule has 2 aromatic rings. The van der Waals surface area contributed by atoms with E-state index in [1.165, 1.54) is 23.9 Å². The highest BCUT2D eigenvalue weighted by molar-refractivity contribution is 5.67. The molecule has 1 N–H and O–H groups in total. The zero-order chi connectivity index (χ0) is 18.0. The Hall–Kier alpha value is -2.70. The number of aliphatic carboxylic acids is 1. The van der Waals surface area contributed by atoms with Crippen LogP contribution in [0.25, 0.3) is 11.3 Å². The first-order valence-corrected chi connectivity index (χ1v) is 8.14. The van der Waals surface area contributed by atoms with Gasteiger partial charge in [-0.1, -0.05) is 0 Å². The molecule has 3 rings (SSSR count). The standard InChI is InChI=1S/C18H19FN2O4/c1-25-16-6-4-12(8-14(16)19)15-9-13(5-7-17(22)23)18(24)21(20-15)10-11-2-3-11/h4,6,8-9,11H,2-3,5,7,10H2,1H3,(H,22,23). The Morgan fingerprint density at radius 2 is 2.16 bits per heavy atom. The zero-order valence-electron chi connectivity index (χ0n) is 13.9. The zero-order valence-corrected chi connectivity index (χ0v) is 13.9. The van der Waals surface area contributed by atoms with Crippen molar-refractivity contribution in [2.75, 3.05) is 7.11 Å². The molecule has 0 bridgehead atoms. The molecule has 0 amide bonds. The van der Waals surface area contributed by atoms with E-state index < -0.39 is 11.8 Å². The molecule has 1 saturated carbocycles. The van der Waals surface area contributed by atoms with Crippen LogP contribution in [0.15, 0.2) is 29.1 Å². The summed E-state index contributed by atoms with van der Waals surface area (Å²) < 4.78 is 20.3. The molecule has 0 saturated heterocycles. The summed E-state index contributed by atoms with van der Waals surface area (Å²) in [6.45, 7) is 0.505. The molecular weight excluding hydrogens is 327 g/mol. The van der Waals surface area contributed by atoms with Crippen molar-refractivity contribution in [3.8, 4) is 17.0 Å². The third kappa shape index (κ3) is 4.04. The van der Waals surface area contributed by atoms with Crippen LogP contribution >= 0.6 is 0 Å². The number of carbonyl (C=O) groups is 1. The van der Waals surface area contributed by atoms with Gasteiger partial charge in [-0.15, -0.1) is 0 Å². The van der Waals surface area contributed by atoms with Crippen molar-refractivity contribution in [1.29, 1.82) is 0 Å². The van der Waals surface area contributed by atoms with Crippen molar-refractivity contribution >= 4 is 5.97 Å². The van der Waals surface area contributed by atoms with Crippen molar-refractivity contribution in [2.45, 2.75) is 32.2 Å². The van der Waals surface area contributed by atoms with Gasteiger partial charge in [-0.25, -0.2) is 9.07 Å². The van der Waals surface area contributed by atoms with Gasteiger partial charge in [0.15, 0.2) is 11.6 Å². The Morgan fingerprint density at radius 1 is 1.40 bits per heavy atom. The topological polar surface area (TPSA) is 81.4 Å². The fraction of sp³-hybridized carbons (Fsp3) is 0.389. The molecule has 0 aliphatic heterocycles. The average molecular weight is 346 g/mol. The van der Waals surface area contributed by atoms with Crippen LogP contribution in [-0.2, 0) is 17.8 Å². The minimum absolute atomic E-state index is 0.118. The van der Waals surface area contributed by atoms with Gasteiger partial charge in [-0.3, -0.25) is 9.59 Å². The fourth-order valence-corrected chi connectivity index (χ4v) is 2.65. The molecule has 132 valence electrons. The lowest BCUT2D eigenvalue weighted by molar-refractivity contribution is -0.136. The van der Waals surface area contributed by atoms with Crippen LogP contribution in [0.2, 0.25) is 0 Å². The van der Waals surface area contributed by atoms with Crippen LogP contribution < -0.4 is 10.3 Å². The van der Waals surface area contributed by atoms with Gasteiger partial charge in [-0.05, 0) is 49.4 Å². The summed E-state index contributed by atoms with van der Waals surface area (Å²) in [6, 6.07) is 6.01. The van der Waals surface area contributed by atoms with E-state index in [9.17, 15) is 14.0 Å². The quantitative estimate of drug-likeness (QED) is 0.833. The van der Waals surface area contributed by atoms with E-state index >= 15 is 0 Å². The van der Waals surface area contributed by atoms with E-state index in [0.29, 0.717) is 29.3 Å². The molecule has 25 heavy (non-hydrogen) atoms. The molecular formula is C18H19FN2O4. The monoisotopic (exact) mass is 346 g/mol. The lowest BCUT2D eigenvalue weighted by Gasteiger charge is -2.11. The molecule has 0 spiro atoms. The number of methoxy groups -OCH3 is 1. The Balaban J connectivity index is 2.02. The average Bonchev–Trinajstić information content (AvgIpc) is 3.39. The van der Waals surface area contributed by atoms with Crippen LogP contribution in [0.1, 0.15) is 24.8 Å². The minimum atomic E-state index is -0.970. The van der Waals surface area contributed by atoms with E-state index in [1.54, 1.807) is 12.1 Å². The number of ether oxygens (including phenoxy) is 1. The Labute approximate surface area is 143 Å². The number of nitrogens with zero attached hydrogens (tertiary/aromatic N) is 2. The van der Waals surface area contributed by atoms with Crippen molar-refractivity contribution in [1.82, 2.24) is 9.78 Å². The number of carboxylic acids is 1. The number of hydrogen-bond acceptors (Lipinski definition) is 4. The second kappa shape index (κ2) is 7.04. The first-order valence-electron chi connectivity index (χ1n) is 8.14. The molecule has 1 aliphatic carbocycles. The Bertz CT molecular complexity index is 859. The summed E-state index contributed by atoms with van der Waals surface area (Å²) in [7, 11) is 1.39. The van der Waals surface area contributed by atoms with Crippen LogP contribution in [0.3, 0.4) is 0 Å². The highest BCUT2D eigenvalue weighted by Crippen LogP contribution is 2.30. The SMILES string of the molecule is COc1ccc(-c2cc(CCC(=O)O)c(=O)n(CC3CC3)n2)cc1F. The van der Waals surface area contributed by atoms with Crippen LogP contribution in [0.4, 0.5) is 4.39 Å². The molecule has 6 nitrogen and oxygen atoms in total. The molecule has 1 fully saturated rings. The third-order valence-electron chi connectivity index (χ3n) is 4.23. The summed E-state index contributed by atoms with van der Waals surface area (Å²) in [5.74, 6) is -0.933. The van der Waals surface area contributed by atoms with Crippen LogP contribution in [0.5, 0.6) is 5.75 Å². The largest absolute Gasteiger partial charge is 0.494 e. The predicted octanol–water partition coefficient (Wildman–Crippen LogP) is 2.49. The maximum Gasteiger partial charge on any atom is 0.303 e. The van der Waals surface area contributed by atoms with Gasteiger partial charge in [0.25, 0.3) is 5.56 Å². The van der Waals surface area contributed by atoms with Crippen LogP contribution in [-0.4, -0.2) is 28.0 Å². The predicted molar refractivity (Wildman–Crippen MR) is 89.1 cm³/mol. The highest BCUT2D eigenvalue weighted by Gasteiger charge is 2.24. The summed E-state index contributed by atoms with van der Waals surface area (Å²) >= 11 is 0. The van der Waals surface area contributed by atoms with E-state index in [1.807, 2.05) is 0 Å². The molecule has 7 heteroatoms. The molecule has 1 aliphatic rings. The maximum absolute atomic E-state index is 14.0. The van der Waals surface area contributed by atoms with Crippen LogP contribution in [0, 0.1) is 11.7 Å².